The van der Waals surface area contributed by atoms with E-state index in [1.165, 1.54) is 18.2 Å². The molecule has 0 amide bonds. The van der Waals surface area contributed by atoms with Gasteiger partial charge in [-0.15, -0.1) is 0 Å². The number of rotatable bonds is 5. The van der Waals surface area contributed by atoms with Gasteiger partial charge in [0.1, 0.15) is 17.9 Å². The van der Waals surface area contributed by atoms with Crippen molar-refractivity contribution in [3.8, 4) is 5.75 Å². The predicted molar refractivity (Wildman–Crippen MR) is 56.7 cm³/mol. The minimum atomic E-state index is -0.445. The maximum atomic E-state index is 13.0. The van der Waals surface area contributed by atoms with Gasteiger partial charge in [-0.05, 0) is 24.5 Å². The van der Waals surface area contributed by atoms with Crippen LogP contribution >= 0.6 is 0 Å². The summed E-state index contributed by atoms with van der Waals surface area (Å²) >= 11 is 0. The summed E-state index contributed by atoms with van der Waals surface area (Å²) in [6, 6.07) is 4.01. The van der Waals surface area contributed by atoms with Gasteiger partial charge in [-0.2, -0.15) is 0 Å². The van der Waals surface area contributed by atoms with Gasteiger partial charge in [0.2, 0.25) is 0 Å². The molecule has 0 radical (unpaired) electrons. The molecule has 0 bridgehead atoms. The summed E-state index contributed by atoms with van der Waals surface area (Å²) in [7, 11) is 0. The van der Waals surface area contributed by atoms with Crippen LogP contribution in [0.2, 0.25) is 0 Å². The van der Waals surface area contributed by atoms with Crippen molar-refractivity contribution < 1.29 is 13.9 Å². The summed E-state index contributed by atoms with van der Waals surface area (Å²) in [6.07, 6.45) is 1.52. The molecule has 0 aliphatic heterocycles. The minimum Gasteiger partial charge on any atom is -0.493 e. The number of hydrogen-bond acceptors (Lipinski definition) is 2. The van der Waals surface area contributed by atoms with Crippen molar-refractivity contribution in [2.75, 3.05) is 6.61 Å². The SMILES string of the molecule is CC(C)CCOc1cc(F)cc(C=O)c1. The van der Waals surface area contributed by atoms with Crippen molar-refractivity contribution in [3.63, 3.8) is 0 Å². The molecule has 0 unspecified atom stereocenters. The highest BCUT2D eigenvalue weighted by atomic mass is 19.1. The molecule has 0 fully saturated rings. The monoisotopic (exact) mass is 210 g/mol. The zero-order valence-electron chi connectivity index (χ0n) is 9.00. The van der Waals surface area contributed by atoms with Crippen LogP contribution in [0.3, 0.4) is 0 Å². The van der Waals surface area contributed by atoms with E-state index in [2.05, 4.69) is 13.8 Å². The third-order valence-corrected chi connectivity index (χ3v) is 1.99. The van der Waals surface area contributed by atoms with Crippen LogP contribution in [-0.2, 0) is 0 Å². The lowest BCUT2D eigenvalue weighted by Crippen LogP contribution is -2.02. The molecule has 1 aromatic carbocycles. The highest BCUT2D eigenvalue weighted by molar-refractivity contribution is 5.75. The Morgan fingerprint density at radius 1 is 1.40 bits per heavy atom. The van der Waals surface area contributed by atoms with E-state index in [1.807, 2.05) is 0 Å². The number of aldehydes is 1. The largest absolute Gasteiger partial charge is 0.493 e. The zero-order chi connectivity index (χ0) is 11.3. The van der Waals surface area contributed by atoms with Crippen LogP contribution < -0.4 is 4.74 Å². The van der Waals surface area contributed by atoms with Gasteiger partial charge in [-0.1, -0.05) is 13.8 Å². The second-order valence-electron chi connectivity index (χ2n) is 3.87. The Balaban J connectivity index is 2.60. The predicted octanol–water partition coefficient (Wildman–Crippen LogP) is 3.06. The molecule has 0 heterocycles. The number of carbonyl (C=O) groups is 1. The number of carbonyl (C=O) groups excluding carboxylic acids is 1. The van der Waals surface area contributed by atoms with E-state index >= 15 is 0 Å². The van der Waals surface area contributed by atoms with E-state index in [-0.39, 0.29) is 0 Å². The molecular formula is C12H15FO2. The first-order valence-corrected chi connectivity index (χ1v) is 5.00. The van der Waals surface area contributed by atoms with Gasteiger partial charge in [0.25, 0.3) is 0 Å². The molecule has 0 aliphatic rings. The van der Waals surface area contributed by atoms with E-state index in [4.69, 9.17) is 4.74 Å². The first kappa shape index (κ1) is 11.7. The summed E-state index contributed by atoms with van der Waals surface area (Å²) < 4.78 is 18.3. The van der Waals surface area contributed by atoms with Crippen molar-refractivity contribution in [1.29, 1.82) is 0 Å². The van der Waals surface area contributed by atoms with Gasteiger partial charge in [-0.25, -0.2) is 4.39 Å². The summed E-state index contributed by atoms with van der Waals surface area (Å²) in [5.74, 6) is 0.515. The molecule has 1 aromatic rings. The van der Waals surface area contributed by atoms with Crippen molar-refractivity contribution in [2.45, 2.75) is 20.3 Å². The summed E-state index contributed by atoms with van der Waals surface area (Å²) in [6.45, 7) is 4.72. The molecule has 0 aliphatic carbocycles. The van der Waals surface area contributed by atoms with Gasteiger partial charge in [0.05, 0.1) is 6.61 Å². The van der Waals surface area contributed by atoms with Crippen LogP contribution in [-0.4, -0.2) is 12.9 Å². The number of hydrogen-bond donors (Lipinski definition) is 0. The molecule has 3 heteroatoms. The van der Waals surface area contributed by atoms with Crippen LogP contribution in [0, 0.1) is 11.7 Å². The molecule has 2 nitrogen and oxygen atoms in total. The Kier molecular flexibility index (Phi) is 4.28. The fraction of sp³-hybridized carbons (Fsp3) is 0.417. The molecular weight excluding hydrogens is 195 g/mol. The number of benzene rings is 1. The third-order valence-electron chi connectivity index (χ3n) is 1.99. The average molecular weight is 210 g/mol. The van der Waals surface area contributed by atoms with Crippen molar-refractivity contribution in [1.82, 2.24) is 0 Å². The molecule has 1 rings (SSSR count). The molecule has 0 aromatic heterocycles. The van der Waals surface area contributed by atoms with Crippen molar-refractivity contribution in [3.05, 3.63) is 29.6 Å². The molecule has 0 N–H and O–H groups in total. The van der Waals surface area contributed by atoms with E-state index in [1.54, 1.807) is 0 Å². The van der Waals surface area contributed by atoms with Crippen molar-refractivity contribution in [2.24, 2.45) is 5.92 Å². The Morgan fingerprint density at radius 3 is 2.73 bits per heavy atom. The van der Waals surface area contributed by atoms with Crippen LogP contribution in [0.1, 0.15) is 30.6 Å². The highest BCUT2D eigenvalue weighted by Gasteiger charge is 2.01. The molecule has 82 valence electrons. The third kappa shape index (κ3) is 4.11. The van der Waals surface area contributed by atoms with Crippen LogP contribution in [0.4, 0.5) is 4.39 Å². The van der Waals surface area contributed by atoms with Gasteiger partial charge < -0.3 is 4.74 Å². The Morgan fingerprint density at radius 2 is 2.13 bits per heavy atom. The lowest BCUT2D eigenvalue weighted by molar-refractivity contribution is 0.112. The van der Waals surface area contributed by atoms with E-state index < -0.39 is 5.82 Å². The van der Waals surface area contributed by atoms with Crippen LogP contribution in [0.15, 0.2) is 18.2 Å². The van der Waals surface area contributed by atoms with Crippen molar-refractivity contribution >= 4 is 6.29 Å². The van der Waals surface area contributed by atoms with E-state index in [9.17, 15) is 9.18 Å². The Hall–Kier alpha value is -1.38. The van der Waals surface area contributed by atoms with Gasteiger partial charge in [0.15, 0.2) is 0 Å². The fourth-order valence-electron chi connectivity index (χ4n) is 1.15. The van der Waals surface area contributed by atoms with E-state index in [0.717, 1.165) is 6.42 Å². The second kappa shape index (κ2) is 5.49. The minimum absolute atomic E-state index is 0.301. The first-order chi connectivity index (χ1) is 7.11. The van der Waals surface area contributed by atoms with Crippen LogP contribution in [0.5, 0.6) is 5.75 Å². The van der Waals surface area contributed by atoms with Gasteiger partial charge in [-0.3, -0.25) is 4.79 Å². The molecule has 0 saturated carbocycles. The lowest BCUT2D eigenvalue weighted by Gasteiger charge is -2.08. The molecule has 15 heavy (non-hydrogen) atoms. The topological polar surface area (TPSA) is 26.3 Å². The maximum Gasteiger partial charge on any atom is 0.150 e. The summed E-state index contributed by atoms with van der Waals surface area (Å²) in [4.78, 5) is 10.5. The standard InChI is InChI=1S/C12H15FO2/c1-9(2)3-4-15-12-6-10(8-14)5-11(13)7-12/h5-9H,3-4H2,1-2H3. The fourth-order valence-corrected chi connectivity index (χ4v) is 1.15. The number of ether oxygens (including phenoxy) is 1. The quantitative estimate of drug-likeness (QED) is 0.698. The average Bonchev–Trinajstić information content (AvgIpc) is 2.16. The highest BCUT2D eigenvalue weighted by Crippen LogP contribution is 2.16. The smallest absolute Gasteiger partial charge is 0.150 e. The first-order valence-electron chi connectivity index (χ1n) is 5.00. The molecule has 0 spiro atoms. The molecule has 0 atom stereocenters. The summed E-state index contributed by atoms with van der Waals surface area (Å²) in [5, 5.41) is 0. The van der Waals surface area contributed by atoms with Gasteiger partial charge >= 0.3 is 0 Å². The van der Waals surface area contributed by atoms with Gasteiger partial charge in [0, 0.05) is 11.6 Å². The second-order valence-corrected chi connectivity index (χ2v) is 3.87. The Bertz CT molecular complexity index is 334. The lowest BCUT2D eigenvalue weighted by atomic mass is 10.1. The maximum absolute atomic E-state index is 13.0. The summed E-state index contributed by atoms with van der Waals surface area (Å²) in [5.41, 5.74) is 0.301. The van der Waals surface area contributed by atoms with E-state index in [0.29, 0.717) is 30.1 Å². The molecule has 0 saturated heterocycles. The normalized spacial score (nSPS) is 10.4. The number of halogens is 1. The van der Waals surface area contributed by atoms with Crippen LogP contribution in [0.25, 0.3) is 0 Å². The zero-order valence-corrected chi connectivity index (χ0v) is 9.00. The Labute approximate surface area is 89.1 Å².